The smallest absolute Gasteiger partial charge is 0.229 e. The van der Waals surface area contributed by atoms with Gasteiger partial charge in [0.25, 0.3) is 0 Å². The van der Waals surface area contributed by atoms with Gasteiger partial charge >= 0.3 is 0 Å². The molecule has 1 aromatic heterocycles. The molecule has 24 heavy (non-hydrogen) atoms. The molecule has 0 fully saturated rings. The lowest BCUT2D eigenvalue weighted by Crippen LogP contribution is -2.15. The number of hydrogen-bond donors (Lipinski definition) is 1. The van der Waals surface area contributed by atoms with Crippen LogP contribution in [-0.4, -0.2) is 15.7 Å². The molecule has 0 atom stereocenters. The molecule has 1 amide bonds. The number of hydrogen-bond acceptors (Lipinski definition) is 2. The van der Waals surface area contributed by atoms with E-state index in [1.165, 1.54) is 12.1 Å². The second kappa shape index (κ2) is 7.27. The van der Waals surface area contributed by atoms with Crippen LogP contribution in [0.5, 0.6) is 0 Å². The Bertz CT molecular complexity index is 848. The van der Waals surface area contributed by atoms with Crippen molar-refractivity contribution in [3.05, 3.63) is 82.8 Å². The van der Waals surface area contributed by atoms with Crippen molar-refractivity contribution in [2.24, 2.45) is 0 Å². The highest BCUT2D eigenvalue weighted by Gasteiger charge is 2.08. The maximum absolute atomic E-state index is 13.1. The number of rotatable bonds is 5. The number of nitrogens with zero attached hydrogens (tertiary/aromatic N) is 2. The Morgan fingerprint density at radius 1 is 1.17 bits per heavy atom. The topological polar surface area (TPSA) is 46.9 Å². The van der Waals surface area contributed by atoms with Crippen LogP contribution in [0.2, 0.25) is 5.02 Å². The van der Waals surface area contributed by atoms with Gasteiger partial charge < -0.3 is 5.32 Å². The second-order valence-corrected chi connectivity index (χ2v) is 5.75. The predicted molar refractivity (Wildman–Crippen MR) is 91.5 cm³/mol. The van der Waals surface area contributed by atoms with E-state index in [1.54, 1.807) is 23.0 Å². The Balaban J connectivity index is 1.62. The van der Waals surface area contributed by atoms with Crippen molar-refractivity contribution in [1.82, 2.24) is 9.78 Å². The Kier molecular flexibility index (Phi) is 4.91. The fourth-order valence-electron chi connectivity index (χ4n) is 2.31. The minimum absolute atomic E-state index is 0.133. The molecule has 122 valence electrons. The molecule has 0 aliphatic carbocycles. The fourth-order valence-corrected chi connectivity index (χ4v) is 2.54. The van der Waals surface area contributed by atoms with Gasteiger partial charge in [-0.1, -0.05) is 48.0 Å². The molecule has 0 saturated carbocycles. The average molecular weight is 344 g/mol. The predicted octanol–water partition coefficient (Wildman–Crippen LogP) is 3.91. The van der Waals surface area contributed by atoms with Crippen molar-refractivity contribution in [3.8, 4) is 0 Å². The van der Waals surface area contributed by atoms with Gasteiger partial charge in [0.2, 0.25) is 5.91 Å². The summed E-state index contributed by atoms with van der Waals surface area (Å²) in [5.41, 5.74) is 1.69. The summed E-state index contributed by atoms with van der Waals surface area (Å²) in [7, 11) is 0. The van der Waals surface area contributed by atoms with Crippen LogP contribution in [0, 0.1) is 5.82 Å². The minimum Gasteiger partial charge on any atom is -0.309 e. The van der Waals surface area contributed by atoms with E-state index in [4.69, 9.17) is 11.6 Å². The van der Waals surface area contributed by atoms with Crippen LogP contribution in [-0.2, 0) is 17.8 Å². The summed E-state index contributed by atoms with van der Waals surface area (Å²) >= 11 is 6.01. The van der Waals surface area contributed by atoms with Crippen LogP contribution >= 0.6 is 11.6 Å². The summed E-state index contributed by atoms with van der Waals surface area (Å²) in [6.45, 7) is 0.396. The summed E-state index contributed by atoms with van der Waals surface area (Å²) in [4.78, 5) is 12.0. The highest BCUT2D eigenvalue weighted by atomic mass is 35.5. The average Bonchev–Trinajstić information content (AvgIpc) is 2.98. The van der Waals surface area contributed by atoms with Crippen LogP contribution in [0.1, 0.15) is 11.1 Å². The lowest BCUT2D eigenvalue weighted by Gasteiger charge is -2.05. The summed E-state index contributed by atoms with van der Waals surface area (Å²) in [6.07, 6.45) is 2.02. The van der Waals surface area contributed by atoms with E-state index in [9.17, 15) is 9.18 Å². The van der Waals surface area contributed by atoms with Crippen molar-refractivity contribution < 1.29 is 9.18 Å². The van der Waals surface area contributed by atoms with E-state index < -0.39 is 0 Å². The molecule has 6 heteroatoms. The molecule has 0 bridgehead atoms. The molecular formula is C18H15ClFN3O. The molecular weight excluding hydrogens is 329 g/mol. The van der Waals surface area contributed by atoms with Crippen LogP contribution in [0.4, 0.5) is 10.2 Å². The Hall–Kier alpha value is -2.66. The van der Waals surface area contributed by atoms with Crippen LogP contribution in [0.15, 0.2) is 60.8 Å². The first-order chi connectivity index (χ1) is 11.6. The number of halogens is 2. The molecule has 1 N–H and O–H groups in total. The molecule has 1 heterocycles. The van der Waals surface area contributed by atoms with Crippen LogP contribution < -0.4 is 5.32 Å². The fraction of sp³-hybridized carbons (Fsp3) is 0.111. The number of amides is 1. The number of anilines is 1. The summed E-state index contributed by atoms with van der Waals surface area (Å²) in [5.74, 6) is -0.0430. The standard InChI is InChI=1S/C18H15ClFN3O/c19-16-11-15(20)7-6-14(16)12-23-9-8-17(22-23)21-18(24)10-13-4-2-1-3-5-13/h1-9,11H,10,12H2,(H,21,22,24). The summed E-state index contributed by atoms with van der Waals surface area (Å²) < 4.78 is 14.7. The van der Waals surface area contributed by atoms with Gasteiger partial charge in [0, 0.05) is 17.3 Å². The third-order valence-corrected chi connectivity index (χ3v) is 3.81. The Labute approximate surface area is 143 Å². The maximum atomic E-state index is 13.1. The second-order valence-electron chi connectivity index (χ2n) is 5.34. The monoisotopic (exact) mass is 343 g/mol. The van der Waals surface area contributed by atoms with E-state index in [0.29, 0.717) is 17.4 Å². The number of aromatic nitrogens is 2. The van der Waals surface area contributed by atoms with Gasteiger partial charge in [0.05, 0.1) is 13.0 Å². The van der Waals surface area contributed by atoms with Crippen molar-refractivity contribution in [2.75, 3.05) is 5.32 Å². The normalized spacial score (nSPS) is 10.6. The zero-order chi connectivity index (χ0) is 16.9. The number of nitrogens with one attached hydrogen (secondary N) is 1. The molecule has 0 aliphatic rings. The third-order valence-electron chi connectivity index (χ3n) is 3.46. The van der Waals surface area contributed by atoms with Gasteiger partial charge in [-0.3, -0.25) is 9.48 Å². The van der Waals surface area contributed by atoms with Crippen molar-refractivity contribution in [3.63, 3.8) is 0 Å². The quantitative estimate of drug-likeness (QED) is 0.763. The third kappa shape index (κ3) is 4.20. The minimum atomic E-state index is -0.377. The van der Waals surface area contributed by atoms with Gasteiger partial charge in [-0.25, -0.2) is 4.39 Å². The lowest BCUT2D eigenvalue weighted by molar-refractivity contribution is -0.115. The first kappa shape index (κ1) is 16.2. The molecule has 0 radical (unpaired) electrons. The van der Waals surface area contributed by atoms with Crippen LogP contribution in [0.3, 0.4) is 0 Å². The van der Waals surface area contributed by atoms with Crippen molar-refractivity contribution in [2.45, 2.75) is 13.0 Å². The van der Waals surface area contributed by atoms with Gasteiger partial charge in [-0.05, 0) is 23.3 Å². The number of carbonyl (C=O) groups excluding carboxylic acids is 1. The largest absolute Gasteiger partial charge is 0.309 e. The van der Waals surface area contributed by atoms with E-state index in [-0.39, 0.29) is 18.1 Å². The highest BCUT2D eigenvalue weighted by molar-refractivity contribution is 6.31. The summed E-state index contributed by atoms with van der Waals surface area (Å²) in [6, 6.07) is 15.4. The molecule has 0 aliphatic heterocycles. The molecule has 0 saturated heterocycles. The molecule has 0 spiro atoms. The van der Waals surface area contributed by atoms with Crippen molar-refractivity contribution >= 4 is 23.3 Å². The molecule has 4 nitrogen and oxygen atoms in total. The van der Waals surface area contributed by atoms with Gasteiger partial charge in [-0.2, -0.15) is 5.10 Å². The number of carbonyl (C=O) groups is 1. The zero-order valence-electron chi connectivity index (χ0n) is 12.7. The number of benzene rings is 2. The zero-order valence-corrected chi connectivity index (χ0v) is 13.5. The van der Waals surface area contributed by atoms with E-state index >= 15 is 0 Å². The first-order valence-electron chi connectivity index (χ1n) is 7.41. The Morgan fingerprint density at radius 3 is 2.71 bits per heavy atom. The van der Waals surface area contributed by atoms with Crippen LogP contribution in [0.25, 0.3) is 0 Å². The summed E-state index contributed by atoms with van der Waals surface area (Å²) in [5, 5.41) is 7.39. The maximum Gasteiger partial charge on any atom is 0.229 e. The molecule has 3 rings (SSSR count). The first-order valence-corrected chi connectivity index (χ1v) is 7.79. The molecule has 0 unspecified atom stereocenters. The van der Waals surface area contributed by atoms with Gasteiger partial charge in [-0.15, -0.1) is 0 Å². The molecule has 3 aromatic rings. The molecule has 2 aromatic carbocycles. The highest BCUT2D eigenvalue weighted by Crippen LogP contribution is 2.18. The van der Waals surface area contributed by atoms with Gasteiger partial charge in [0.1, 0.15) is 5.82 Å². The van der Waals surface area contributed by atoms with E-state index in [2.05, 4.69) is 10.4 Å². The Morgan fingerprint density at radius 2 is 1.96 bits per heavy atom. The van der Waals surface area contributed by atoms with Crippen molar-refractivity contribution in [1.29, 1.82) is 0 Å². The van der Waals surface area contributed by atoms with Gasteiger partial charge in [0.15, 0.2) is 5.82 Å². The lowest BCUT2D eigenvalue weighted by atomic mass is 10.1. The SMILES string of the molecule is O=C(Cc1ccccc1)Nc1ccn(Cc2ccc(F)cc2Cl)n1. The van der Waals surface area contributed by atoms with E-state index in [1.807, 2.05) is 30.3 Å². The van der Waals surface area contributed by atoms with E-state index in [0.717, 1.165) is 11.1 Å².